The van der Waals surface area contributed by atoms with Gasteiger partial charge >= 0.3 is 35.9 Å². The summed E-state index contributed by atoms with van der Waals surface area (Å²) in [4.78, 5) is 95.9. The molecule has 1 saturated heterocycles. The normalized spacial score (nSPS) is 17.2. The van der Waals surface area contributed by atoms with Gasteiger partial charge in [0.15, 0.2) is 12.4 Å². The second-order valence-electron chi connectivity index (χ2n) is 24.1. The molecule has 0 radical (unpaired) electrons. The molecular weight excluding hydrogens is 1120 g/mol. The van der Waals surface area contributed by atoms with E-state index in [2.05, 4.69) is 24.5 Å². The summed E-state index contributed by atoms with van der Waals surface area (Å²) in [5.74, 6) is -5.62. The van der Waals surface area contributed by atoms with Gasteiger partial charge in [0, 0.05) is 19.3 Å². The standard InChI is InChI=1S/C70H104N2O16/c1-6-8-10-12-14-16-18-20-22-24-35-43-59(73)72-63-65(87-61(75)44-36-25-23-21-19-17-15-13-11-9-7-2)64(77)58(52-84-67(79)57(71-69(80)88-70(3,4)5)45-46-60(74)81-48-53-37-29-26-30-38-53)86-68(63)85-51-56(66(78)83-50-55-41-33-28-34-42-55)47-62(76)82-49-54-39-31-27-32-40-54/h26-34,37-42,56-58,63-65,68,77H,6-25,35-36,43-52H2,1-5H3,(H,71,80)(H,72,73)/t56?,57-,58-,63-,64-,65-,68+/m1/s1. The molecule has 1 aliphatic rings. The first-order valence-electron chi connectivity index (χ1n) is 32.7. The summed E-state index contributed by atoms with van der Waals surface area (Å²) in [6, 6.07) is 24.2. The number of nitrogens with one attached hydrogen (secondary N) is 2. The predicted molar refractivity (Wildman–Crippen MR) is 335 cm³/mol. The summed E-state index contributed by atoms with van der Waals surface area (Å²) in [6.07, 6.45) is 15.1. The zero-order valence-corrected chi connectivity index (χ0v) is 53.4. The fourth-order valence-corrected chi connectivity index (χ4v) is 10.1. The van der Waals surface area contributed by atoms with E-state index in [1.807, 2.05) is 18.2 Å². The lowest BCUT2D eigenvalue weighted by molar-refractivity contribution is -0.277. The molecule has 3 N–H and O–H groups in total. The van der Waals surface area contributed by atoms with Gasteiger partial charge in [0.1, 0.15) is 56.3 Å². The molecule has 3 aromatic rings. The minimum absolute atomic E-state index is 0.00209. The van der Waals surface area contributed by atoms with E-state index in [1.165, 1.54) is 70.6 Å². The highest BCUT2D eigenvalue weighted by Gasteiger charge is 2.50. The van der Waals surface area contributed by atoms with Crippen molar-refractivity contribution in [3.8, 4) is 0 Å². The topological polar surface area (TPSA) is 238 Å². The maximum atomic E-state index is 14.1. The van der Waals surface area contributed by atoms with Gasteiger partial charge in [-0.3, -0.25) is 24.0 Å². The number of carbonyl (C=O) groups is 7. The van der Waals surface area contributed by atoms with E-state index in [0.717, 1.165) is 68.9 Å². The Hall–Kier alpha value is -6.37. The quantitative estimate of drug-likeness (QED) is 0.0271. The maximum Gasteiger partial charge on any atom is 0.408 e. The first kappa shape index (κ1) is 74.1. The minimum Gasteiger partial charge on any atom is -0.461 e. The Labute approximate surface area is 523 Å². The molecule has 0 spiro atoms. The number of aliphatic hydroxyl groups is 1. The predicted octanol–water partition coefficient (Wildman–Crippen LogP) is 13.3. The van der Waals surface area contributed by atoms with Gasteiger partial charge in [-0.15, -0.1) is 0 Å². The van der Waals surface area contributed by atoms with Crippen LogP contribution in [0.15, 0.2) is 91.0 Å². The zero-order chi connectivity index (χ0) is 63.6. The largest absolute Gasteiger partial charge is 0.461 e. The van der Waals surface area contributed by atoms with Crippen LogP contribution in [0.2, 0.25) is 0 Å². The van der Waals surface area contributed by atoms with E-state index in [4.69, 9.17) is 37.9 Å². The monoisotopic (exact) mass is 1230 g/mol. The minimum atomic E-state index is -1.76. The van der Waals surface area contributed by atoms with Crippen molar-refractivity contribution in [1.29, 1.82) is 0 Å². The third-order valence-electron chi connectivity index (χ3n) is 15.2. The average molecular weight is 1230 g/mol. The lowest BCUT2D eigenvalue weighted by Gasteiger charge is -2.44. The lowest BCUT2D eigenvalue weighted by Crippen LogP contribution is -2.66. The fraction of sp³-hybridized carbons (Fsp3) is 0.643. The molecule has 1 unspecified atom stereocenters. The van der Waals surface area contributed by atoms with Crippen molar-refractivity contribution < 1.29 is 76.6 Å². The third kappa shape index (κ3) is 32.7. The number of hydrogen-bond donors (Lipinski definition) is 3. The maximum absolute atomic E-state index is 14.1. The van der Waals surface area contributed by atoms with Crippen molar-refractivity contribution in [2.45, 2.75) is 270 Å². The first-order valence-corrected chi connectivity index (χ1v) is 32.7. The molecule has 0 saturated carbocycles. The van der Waals surface area contributed by atoms with E-state index in [0.29, 0.717) is 18.4 Å². The Morgan fingerprint density at radius 2 is 0.989 bits per heavy atom. The Morgan fingerprint density at radius 1 is 0.534 bits per heavy atom. The second-order valence-corrected chi connectivity index (χ2v) is 24.1. The molecule has 3 aromatic carbocycles. The van der Waals surface area contributed by atoms with Crippen LogP contribution < -0.4 is 10.6 Å². The van der Waals surface area contributed by atoms with Crippen LogP contribution >= 0.6 is 0 Å². The lowest BCUT2D eigenvalue weighted by atomic mass is 9.95. The average Bonchev–Trinajstić information content (AvgIpc) is 1.11. The number of benzene rings is 3. The summed E-state index contributed by atoms with van der Waals surface area (Å²) in [5, 5.41) is 17.7. The molecule has 490 valence electrons. The fourth-order valence-electron chi connectivity index (χ4n) is 10.1. The SMILES string of the molecule is CCCCCCCCCCCCCC(=O)N[C@H]1[C@@H](OCC(CC(=O)OCc2ccccc2)C(=O)OCc2ccccc2)O[C@H](COC(=O)[C@@H](CCC(=O)OCc2ccccc2)NC(=O)OC(C)(C)C)[C@@H](O)[C@@H]1OC(=O)CCCCCCCCCCCCC. The van der Waals surface area contributed by atoms with Gasteiger partial charge in [-0.2, -0.15) is 0 Å². The van der Waals surface area contributed by atoms with Crippen LogP contribution in [0.25, 0.3) is 0 Å². The highest BCUT2D eigenvalue weighted by Crippen LogP contribution is 2.28. The van der Waals surface area contributed by atoms with Gasteiger partial charge in [0.05, 0.1) is 18.9 Å². The van der Waals surface area contributed by atoms with Crippen molar-refractivity contribution in [2.24, 2.45) is 5.92 Å². The Balaban J connectivity index is 1.61. The summed E-state index contributed by atoms with van der Waals surface area (Å²) >= 11 is 0. The van der Waals surface area contributed by atoms with Gasteiger partial charge in [0.2, 0.25) is 5.91 Å². The first-order chi connectivity index (χ1) is 42.5. The molecular formula is C70H104N2O16. The van der Waals surface area contributed by atoms with Gasteiger partial charge in [-0.1, -0.05) is 233 Å². The van der Waals surface area contributed by atoms with Crippen molar-refractivity contribution >= 4 is 41.8 Å². The molecule has 18 heteroatoms. The van der Waals surface area contributed by atoms with Gasteiger partial charge < -0.3 is 53.6 Å². The number of hydrogen-bond acceptors (Lipinski definition) is 16. The van der Waals surface area contributed by atoms with Crippen molar-refractivity contribution in [3.05, 3.63) is 108 Å². The van der Waals surface area contributed by atoms with Crippen LogP contribution in [0, 0.1) is 5.92 Å². The van der Waals surface area contributed by atoms with Gasteiger partial charge in [-0.05, 0) is 56.7 Å². The number of rotatable bonds is 45. The molecule has 88 heavy (non-hydrogen) atoms. The Bertz CT molecular complexity index is 2420. The number of ether oxygens (including phenoxy) is 8. The number of alkyl carbamates (subject to hydrolysis) is 1. The molecule has 0 aliphatic carbocycles. The van der Waals surface area contributed by atoms with E-state index < -0.39 is 110 Å². The van der Waals surface area contributed by atoms with Crippen LogP contribution in [0.1, 0.15) is 225 Å². The van der Waals surface area contributed by atoms with Crippen LogP contribution in [0.5, 0.6) is 0 Å². The van der Waals surface area contributed by atoms with E-state index in [9.17, 15) is 38.7 Å². The summed E-state index contributed by atoms with van der Waals surface area (Å²) in [6.45, 7) is 7.86. The number of esters is 5. The summed E-state index contributed by atoms with van der Waals surface area (Å²) in [7, 11) is 0. The van der Waals surface area contributed by atoms with E-state index >= 15 is 0 Å². The van der Waals surface area contributed by atoms with Crippen LogP contribution in [-0.4, -0.2) is 102 Å². The van der Waals surface area contributed by atoms with Crippen LogP contribution in [0.3, 0.4) is 0 Å². The van der Waals surface area contributed by atoms with Crippen LogP contribution in [0.4, 0.5) is 4.79 Å². The number of unbranched alkanes of at least 4 members (excludes halogenated alkanes) is 20. The Morgan fingerprint density at radius 3 is 1.48 bits per heavy atom. The molecule has 7 atom stereocenters. The second kappa shape index (κ2) is 44.1. The molecule has 1 fully saturated rings. The molecule has 1 aliphatic heterocycles. The van der Waals surface area contributed by atoms with Crippen molar-refractivity contribution in [3.63, 3.8) is 0 Å². The van der Waals surface area contributed by atoms with E-state index in [-0.39, 0.29) is 45.5 Å². The van der Waals surface area contributed by atoms with Crippen molar-refractivity contribution in [1.82, 2.24) is 10.6 Å². The molecule has 2 amide bonds. The summed E-state index contributed by atoms with van der Waals surface area (Å²) in [5.41, 5.74) is 1.20. The molecule has 0 bridgehead atoms. The molecule has 1 heterocycles. The van der Waals surface area contributed by atoms with E-state index in [1.54, 1.807) is 93.6 Å². The zero-order valence-electron chi connectivity index (χ0n) is 53.4. The molecule has 4 rings (SSSR count). The smallest absolute Gasteiger partial charge is 0.408 e. The van der Waals surface area contributed by atoms with Gasteiger partial charge in [-0.25, -0.2) is 9.59 Å². The highest BCUT2D eigenvalue weighted by molar-refractivity contribution is 5.82. The van der Waals surface area contributed by atoms with Gasteiger partial charge in [0.25, 0.3) is 0 Å². The number of aliphatic hydroxyl groups excluding tert-OH is 1. The number of amides is 2. The number of carbonyl (C=O) groups excluding carboxylic acids is 7. The van der Waals surface area contributed by atoms with Crippen molar-refractivity contribution in [2.75, 3.05) is 13.2 Å². The third-order valence-corrected chi connectivity index (χ3v) is 15.2. The summed E-state index contributed by atoms with van der Waals surface area (Å²) < 4.78 is 47.0. The molecule has 18 nitrogen and oxygen atoms in total. The highest BCUT2D eigenvalue weighted by atomic mass is 16.7. The molecule has 0 aromatic heterocycles. The Kier molecular flexibility index (Phi) is 37.2. The van der Waals surface area contributed by atoms with Crippen LogP contribution in [-0.2, 0) is 86.5 Å².